The van der Waals surface area contributed by atoms with Crippen LogP contribution in [0, 0.1) is 0 Å². The molecule has 0 fully saturated rings. The smallest absolute Gasteiger partial charge is 0.215 e. The van der Waals surface area contributed by atoms with E-state index in [1.54, 1.807) is 30.3 Å². The number of methoxy groups -OCH3 is 1. The summed E-state index contributed by atoms with van der Waals surface area (Å²) in [5.74, 6) is 0.934. The maximum atomic E-state index is 6.07. The summed E-state index contributed by atoms with van der Waals surface area (Å²) in [7, 11) is 1.54. The van der Waals surface area contributed by atoms with Crippen molar-refractivity contribution in [3.05, 3.63) is 40.4 Å². The highest BCUT2D eigenvalue weighted by Crippen LogP contribution is 2.33. The average Bonchev–Trinajstić information content (AvgIpc) is 2.37. The minimum absolute atomic E-state index is 0.420. The molecule has 1 aromatic heterocycles. The van der Waals surface area contributed by atoms with Gasteiger partial charge in [0.25, 0.3) is 0 Å². The van der Waals surface area contributed by atoms with Gasteiger partial charge >= 0.3 is 0 Å². The van der Waals surface area contributed by atoms with Gasteiger partial charge in [0.2, 0.25) is 5.88 Å². The molecule has 0 aliphatic heterocycles. The van der Waals surface area contributed by atoms with Crippen LogP contribution in [-0.2, 0) is 0 Å². The number of aromatic nitrogens is 1. The van der Waals surface area contributed by atoms with Gasteiger partial charge in [0.05, 0.1) is 28.5 Å². The lowest BCUT2D eigenvalue weighted by Gasteiger charge is -2.11. The lowest BCUT2D eigenvalue weighted by atomic mass is 10.3. The molecule has 0 atom stereocenters. The van der Waals surface area contributed by atoms with Gasteiger partial charge in [-0.15, -0.1) is 0 Å². The van der Waals surface area contributed by atoms with E-state index in [0.29, 0.717) is 33.1 Å². The fourth-order valence-electron chi connectivity index (χ4n) is 1.39. The standard InChI is InChI=1S/C12H11Cl2N3O/c1-18-10-6-5-8(15)12(17-10)16-9-4-2-3-7(13)11(9)14/h2-6H,15H2,1H3,(H,16,17). The number of nitrogens with two attached hydrogens (primary N) is 1. The van der Waals surface area contributed by atoms with Crippen LogP contribution in [0.2, 0.25) is 10.0 Å². The van der Waals surface area contributed by atoms with Crippen molar-refractivity contribution in [1.82, 2.24) is 4.98 Å². The van der Waals surface area contributed by atoms with E-state index in [4.69, 9.17) is 33.7 Å². The molecule has 0 unspecified atom stereocenters. The Hall–Kier alpha value is -1.65. The number of ether oxygens (including phenoxy) is 1. The van der Waals surface area contributed by atoms with Crippen LogP contribution in [-0.4, -0.2) is 12.1 Å². The number of benzene rings is 1. The quantitative estimate of drug-likeness (QED) is 0.901. The van der Waals surface area contributed by atoms with Crippen LogP contribution in [0.1, 0.15) is 0 Å². The molecule has 2 aromatic rings. The molecule has 0 saturated heterocycles. The van der Waals surface area contributed by atoms with Crippen LogP contribution < -0.4 is 15.8 Å². The Bertz CT molecular complexity index is 575. The van der Waals surface area contributed by atoms with Crippen molar-refractivity contribution in [2.45, 2.75) is 0 Å². The largest absolute Gasteiger partial charge is 0.481 e. The van der Waals surface area contributed by atoms with E-state index in [-0.39, 0.29) is 0 Å². The lowest BCUT2D eigenvalue weighted by Crippen LogP contribution is -2.01. The van der Waals surface area contributed by atoms with Gasteiger partial charge < -0.3 is 15.8 Å². The fraction of sp³-hybridized carbons (Fsp3) is 0.0833. The molecule has 18 heavy (non-hydrogen) atoms. The van der Waals surface area contributed by atoms with Crippen molar-refractivity contribution in [3.8, 4) is 5.88 Å². The Morgan fingerprint density at radius 1 is 1.22 bits per heavy atom. The molecule has 2 rings (SSSR count). The number of rotatable bonds is 3. The Morgan fingerprint density at radius 2 is 2.00 bits per heavy atom. The zero-order valence-electron chi connectivity index (χ0n) is 9.58. The Balaban J connectivity index is 2.36. The molecule has 94 valence electrons. The molecular weight excluding hydrogens is 273 g/mol. The van der Waals surface area contributed by atoms with Crippen LogP contribution >= 0.6 is 23.2 Å². The lowest BCUT2D eigenvalue weighted by molar-refractivity contribution is 0.398. The predicted octanol–water partition coefficient (Wildman–Crippen LogP) is 3.72. The number of hydrogen-bond acceptors (Lipinski definition) is 4. The Morgan fingerprint density at radius 3 is 2.72 bits per heavy atom. The zero-order valence-corrected chi connectivity index (χ0v) is 11.1. The van der Waals surface area contributed by atoms with Gasteiger partial charge in [-0.1, -0.05) is 29.3 Å². The molecule has 0 aliphatic carbocycles. The van der Waals surface area contributed by atoms with E-state index in [2.05, 4.69) is 10.3 Å². The monoisotopic (exact) mass is 283 g/mol. The first-order chi connectivity index (χ1) is 8.61. The van der Waals surface area contributed by atoms with Gasteiger partial charge in [-0.2, -0.15) is 4.98 Å². The first-order valence-electron chi connectivity index (χ1n) is 5.13. The molecular formula is C12H11Cl2N3O. The molecule has 1 aromatic carbocycles. The molecule has 0 saturated carbocycles. The van der Waals surface area contributed by atoms with Crippen molar-refractivity contribution in [2.75, 3.05) is 18.2 Å². The summed E-state index contributed by atoms with van der Waals surface area (Å²) in [4.78, 5) is 4.20. The highest BCUT2D eigenvalue weighted by atomic mass is 35.5. The summed E-state index contributed by atoms with van der Waals surface area (Å²) in [6.07, 6.45) is 0. The van der Waals surface area contributed by atoms with Gasteiger partial charge in [-0.3, -0.25) is 0 Å². The minimum Gasteiger partial charge on any atom is -0.481 e. The second-order valence-electron chi connectivity index (χ2n) is 3.52. The highest BCUT2D eigenvalue weighted by molar-refractivity contribution is 6.43. The second-order valence-corrected chi connectivity index (χ2v) is 4.30. The van der Waals surface area contributed by atoms with Crippen LogP contribution in [0.5, 0.6) is 5.88 Å². The molecule has 0 spiro atoms. The first-order valence-corrected chi connectivity index (χ1v) is 5.89. The van der Waals surface area contributed by atoms with Gasteiger partial charge in [0.1, 0.15) is 0 Å². The number of nitrogens with one attached hydrogen (secondary N) is 1. The van der Waals surface area contributed by atoms with E-state index >= 15 is 0 Å². The zero-order chi connectivity index (χ0) is 13.1. The number of halogens is 2. The van der Waals surface area contributed by atoms with Gasteiger partial charge in [-0.05, 0) is 18.2 Å². The van der Waals surface area contributed by atoms with Gasteiger partial charge in [-0.25, -0.2) is 0 Å². The third-order valence-corrected chi connectivity index (χ3v) is 3.13. The maximum Gasteiger partial charge on any atom is 0.215 e. The van der Waals surface area contributed by atoms with Gasteiger partial charge in [0.15, 0.2) is 5.82 Å². The molecule has 0 bridgehead atoms. The van der Waals surface area contributed by atoms with Crippen LogP contribution in [0.4, 0.5) is 17.2 Å². The summed E-state index contributed by atoms with van der Waals surface area (Å²) < 4.78 is 5.04. The van der Waals surface area contributed by atoms with Crippen molar-refractivity contribution in [3.63, 3.8) is 0 Å². The second kappa shape index (κ2) is 5.33. The third kappa shape index (κ3) is 2.60. The van der Waals surface area contributed by atoms with Crippen molar-refractivity contribution in [1.29, 1.82) is 0 Å². The number of nitrogen functional groups attached to an aromatic ring is 1. The number of anilines is 3. The number of pyridine rings is 1. The first kappa shape index (κ1) is 12.8. The molecule has 4 nitrogen and oxygen atoms in total. The fourth-order valence-corrected chi connectivity index (χ4v) is 1.74. The summed E-state index contributed by atoms with van der Waals surface area (Å²) in [5, 5.41) is 3.90. The summed E-state index contributed by atoms with van der Waals surface area (Å²) in [5.41, 5.74) is 6.95. The van der Waals surface area contributed by atoms with Crippen LogP contribution in [0.15, 0.2) is 30.3 Å². The SMILES string of the molecule is COc1ccc(N)c(Nc2cccc(Cl)c2Cl)n1. The summed E-state index contributed by atoms with van der Waals surface area (Å²) in [6, 6.07) is 8.66. The Kier molecular flexibility index (Phi) is 3.79. The summed E-state index contributed by atoms with van der Waals surface area (Å²) in [6.45, 7) is 0. The molecule has 3 N–H and O–H groups in total. The summed E-state index contributed by atoms with van der Waals surface area (Å²) >= 11 is 12.0. The number of nitrogens with zero attached hydrogens (tertiary/aromatic N) is 1. The van der Waals surface area contributed by atoms with E-state index in [1.165, 1.54) is 7.11 Å². The topological polar surface area (TPSA) is 60.2 Å². The molecule has 6 heteroatoms. The average molecular weight is 284 g/mol. The van der Waals surface area contributed by atoms with E-state index in [9.17, 15) is 0 Å². The van der Waals surface area contributed by atoms with Crippen molar-refractivity contribution >= 4 is 40.4 Å². The molecule has 1 heterocycles. The van der Waals surface area contributed by atoms with Crippen molar-refractivity contribution in [2.24, 2.45) is 0 Å². The van der Waals surface area contributed by atoms with Gasteiger partial charge in [0, 0.05) is 6.07 Å². The highest BCUT2D eigenvalue weighted by Gasteiger charge is 2.08. The molecule has 0 radical (unpaired) electrons. The van der Waals surface area contributed by atoms with E-state index < -0.39 is 0 Å². The van der Waals surface area contributed by atoms with E-state index in [1.807, 2.05) is 0 Å². The molecule has 0 aliphatic rings. The maximum absolute atomic E-state index is 6.07. The van der Waals surface area contributed by atoms with E-state index in [0.717, 1.165) is 0 Å². The molecule has 0 amide bonds. The van der Waals surface area contributed by atoms with Crippen molar-refractivity contribution < 1.29 is 4.74 Å². The number of hydrogen-bond donors (Lipinski definition) is 2. The van der Waals surface area contributed by atoms with Crippen LogP contribution in [0.25, 0.3) is 0 Å². The van der Waals surface area contributed by atoms with Crippen LogP contribution in [0.3, 0.4) is 0 Å². The predicted molar refractivity (Wildman–Crippen MR) is 74.9 cm³/mol. The normalized spacial score (nSPS) is 10.2. The third-order valence-electron chi connectivity index (χ3n) is 2.31. The Labute approximate surface area is 115 Å². The minimum atomic E-state index is 0.420.